The lowest BCUT2D eigenvalue weighted by Gasteiger charge is -2.26. The number of hydrogen-bond acceptors (Lipinski definition) is 5. The highest BCUT2D eigenvalue weighted by molar-refractivity contribution is 5.42. The van der Waals surface area contributed by atoms with Crippen LogP contribution in [-0.2, 0) is 6.54 Å². The van der Waals surface area contributed by atoms with Gasteiger partial charge in [-0.2, -0.15) is 0 Å². The summed E-state index contributed by atoms with van der Waals surface area (Å²) in [6.07, 6.45) is 4.91. The van der Waals surface area contributed by atoms with Gasteiger partial charge in [0.05, 0.1) is 14.2 Å². The molecule has 0 spiro atoms. The molecule has 0 atom stereocenters. The van der Waals surface area contributed by atoms with Crippen molar-refractivity contribution in [2.45, 2.75) is 38.3 Å². The lowest BCUT2D eigenvalue weighted by atomic mass is 9.86. The third-order valence-corrected chi connectivity index (χ3v) is 4.58. The second kappa shape index (κ2) is 9.75. The number of nitrogens with one attached hydrogen (secondary N) is 2. The van der Waals surface area contributed by atoms with Crippen molar-refractivity contribution in [1.29, 1.82) is 0 Å². The third-order valence-electron chi connectivity index (χ3n) is 4.58. The lowest BCUT2D eigenvalue weighted by Crippen LogP contribution is -2.34. The summed E-state index contributed by atoms with van der Waals surface area (Å²) in [6, 6.07) is 6.47. The van der Waals surface area contributed by atoms with Gasteiger partial charge in [-0.1, -0.05) is 6.07 Å². The van der Waals surface area contributed by atoms with Gasteiger partial charge in [0, 0.05) is 25.7 Å². The zero-order valence-corrected chi connectivity index (χ0v) is 14.4. The van der Waals surface area contributed by atoms with Crippen LogP contribution in [0.3, 0.4) is 0 Å². The van der Waals surface area contributed by atoms with Crippen LogP contribution in [0.25, 0.3) is 0 Å². The second-order valence-corrected chi connectivity index (χ2v) is 6.35. The predicted octanol–water partition coefficient (Wildman–Crippen LogP) is 1.90. The largest absolute Gasteiger partial charge is 0.493 e. The smallest absolute Gasteiger partial charge is 0.161 e. The zero-order chi connectivity index (χ0) is 16.5. The summed E-state index contributed by atoms with van der Waals surface area (Å²) in [4.78, 5) is 0. The second-order valence-electron chi connectivity index (χ2n) is 6.35. The van der Waals surface area contributed by atoms with Crippen molar-refractivity contribution >= 4 is 0 Å². The highest BCUT2D eigenvalue weighted by Gasteiger charge is 2.17. The van der Waals surface area contributed by atoms with E-state index in [1.54, 1.807) is 14.2 Å². The van der Waals surface area contributed by atoms with Crippen LogP contribution in [-0.4, -0.2) is 39.9 Å². The number of hydrogen-bond donors (Lipinski definition) is 3. The van der Waals surface area contributed by atoms with Gasteiger partial charge in [0.25, 0.3) is 0 Å². The molecule has 0 heterocycles. The predicted molar refractivity (Wildman–Crippen MR) is 94.1 cm³/mol. The van der Waals surface area contributed by atoms with Crippen molar-refractivity contribution < 1.29 is 9.47 Å². The van der Waals surface area contributed by atoms with E-state index in [-0.39, 0.29) is 0 Å². The van der Waals surface area contributed by atoms with Gasteiger partial charge in [-0.3, -0.25) is 0 Å². The van der Waals surface area contributed by atoms with Crippen molar-refractivity contribution in [2.24, 2.45) is 11.7 Å². The molecule has 0 amide bonds. The summed E-state index contributed by atoms with van der Waals surface area (Å²) < 4.78 is 10.6. The Bertz CT molecular complexity index is 460. The Labute approximate surface area is 139 Å². The molecule has 23 heavy (non-hydrogen) atoms. The minimum atomic E-state index is 0.439. The van der Waals surface area contributed by atoms with Gasteiger partial charge in [0.1, 0.15) is 0 Å². The molecule has 0 aromatic heterocycles. The first-order valence-corrected chi connectivity index (χ1v) is 8.61. The van der Waals surface area contributed by atoms with Crippen LogP contribution in [0.15, 0.2) is 18.2 Å². The van der Waals surface area contributed by atoms with Gasteiger partial charge >= 0.3 is 0 Å². The van der Waals surface area contributed by atoms with Crippen molar-refractivity contribution in [3.05, 3.63) is 23.8 Å². The molecule has 0 aliphatic heterocycles. The van der Waals surface area contributed by atoms with E-state index in [1.807, 2.05) is 12.1 Å². The molecule has 1 aliphatic carbocycles. The summed E-state index contributed by atoms with van der Waals surface area (Å²) in [5, 5.41) is 7.01. The Morgan fingerprint density at radius 1 is 1.00 bits per heavy atom. The molecule has 1 aliphatic rings. The van der Waals surface area contributed by atoms with Crippen LogP contribution in [0.1, 0.15) is 31.2 Å². The number of benzene rings is 1. The van der Waals surface area contributed by atoms with Gasteiger partial charge in [0.2, 0.25) is 0 Å². The van der Waals surface area contributed by atoms with Crippen molar-refractivity contribution in [2.75, 3.05) is 33.9 Å². The minimum absolute atomic E-state index is 0.439. The van der Waals surface area contributed by atoms with Crippen LogP contribution < -0.4 is 25.8 Å². The van der Waals surface area contributed by atoms with E-state index in [0.29, 0.717) is 6.04 Å². The first-order valence-electron chi connectivity index (χ1n) is 8.61. The van der Waals surface area contributed by atoms with Crippen LogP contribution in [0.2, 0.25) is 0 Å². The fourth-order valence-electron chi connectivity index (χ4n) is 3.10. The fourth-order valence-corrected chi connectivity index (χ4v) is 3.10. The van der Waals surface area contributed by atoms with Crippen LogP contribution in [0.5, 0.6) is 11.5 Å². The summed E-state index contributed by atoms with van der Waals surface area (Å²) in [6.45, 7) is 3.90. The summed E-state index contributed by atoms with van der Waals surface area (Å²) in [7, 11) is 3.32. The monoisotopic (exact) mass is 321 g/mol. The molecule has 1 fully saturated rings. The maximum atomic E-state index is 5.94. The topological polar surface area (TPSA) is 68.5 Å². The van der Waals surface area contributed by atoms with Crippen molar-refractivity contribution in [3.63, 3.8) is 0 Å². The molecule has 2 rings (SSSR count). The molecule has 1 saturated carbocycles. The molecular weight excluding hydrogens is 290 g/mol. The Kier molecular flexibility index (Phi) is 7.65. The van der Waals surface area contributed by atoms with E-state index in [9.17, 15) is 0 Å². The Balaban J connectivity index is 1.58. The summed E-state index contributed by atoms with van der Waals surface area (Å²) in [5.74, 6) is 2.35. The standard InChI is InChI=1S/C18H31N3O2/c1-22-17-8-5-15(11-18(17)23-2)13-21-10-9-20-12-14-3-6-16(19)7-4-14/h5,8,11,14,16,20-21H,3-4,6-7,9-10,12-13,19H2,1-2H3. The van der Waals surface area contributed by atoms with E-state index >= 15 is 0 Å². The quantitative estimate of drug-likeness (QED) is 0.606. The lowest BCUT2D eigenvalue weighted by molar-refractivity contribution is 0.315. The number of rotatable bonds is 9. The minimum Gasteiger partial charge on any atom is -0.493 e. The highest BCUT2D eigenvalue weighted by atomic mass is 16.5. The molecule has 0 bridgehead atoms. The van der Waals surface area contributed by atoms with E-state index in [1.165, 1.54) is 31.2 Å². The fraction of sp³-hybridized carbons (Fsp3) is 0.667. The van der Waals surface area contributed by atoms with Gasteiger partial charge < -0.3 is 25.8 Å². The molecule has 0 unspecified atom stereocenters. The molecule has 4 N–H and O–H groups in total. The molecule has 1 aromatic rings. The van der Waals surface area contributed by atoms with Gasteiger partial charge in [-0.15, -0.1) is 0 Å². The van der Waals surface area contributed by atoms with E-state index < -0.39 is 0 Å². The van der Waals surface area contributed by atoms with Gasteiger partial charge in [-0.25, -0.2) is 0 Å². The maximum absolute atomic E-state index is 5.94. The normalized spacial score (nSPS) is 21.2. The Hall–Kier alpha value is -1.30. The van der Waals surface area contributed by atoms with Gasteiger partial charge in [-0.05, 0) is 55.8 Å². The number of nitrogens with two attached hydrogens (primary N) is 1. The highest BCUT2D eigenvalue weighted by Crippen LogP contribution is 2.27. The molecule has 0 saturated heterocycles. The molecule has 5 heteroatoms. The number of ether oxygens (including phenoxy) is 2. The molecule has 130 valence electrons. The van der Waals surface area contributed by atoms with Crippen LogP contribution >= 0.6 is 0 Å². The Morgan fingerprint density at radius 3 is 2.39 bits per heavy atom. The average molecular weight is 321 g/mol. The molecule has 1 aromatic carbocycles. The molecule has 5 nitrogen and oxygen atoms in total. The van der Waals surface area contributed by atoms with Crippen molar-refractivity contribution in [3.8, 4) is 11.5 Å². The first-order chi connectivity index (χ1) is 11.2. The third kappa shape index (κ3) is 6.01. The Morgan fingerprint density at radius 2 is 1.70 bits per heavy atom. The summed E-state index contributed by atoms with van der Waals surface area (Å²) in [5.41, 5.74) is 7.14. The maximum Gasteiger partial charge on any atom is 0.161 e. The first kappa shape index (κ1) is 18.0. The van der Waals surface area contributed by atoms with Crippen LogP contribution in [0.4, 0.5) is 0 Å². The van der Waals surface area contributed by atoms with E-state index in [2.05, 4.69) is 16.7 Å². The van der Waals surface area contributed by atoms with E-state index in [4.69, 9.17) is 15.2 Å². The average Bonchev–Trinajstić information content (AvgIpc) is 2.59. The zero-order valence-electron chi connectivity index (χ0n) is 14.4. The van der Waals surface area contributed by atoms with Gasteiger partial charge in [0.15, 0.2) is 11.5 Å². The molecule has 0 radical (unpaired) electrons. The number of methoxy groups -OCH3 is 2. The summed E-state index contributed by atoms with van der Waals surface area (Å²) >= 11 is 0. The van der Waals surface area contributed by atoms with E-state index in [0.717, 1.165) is 43.6 Å². The SMILES string of the molecule is COc1ccc(CNCCNCC2CCC(N)CC2)cc1OC. The van der Waals surface area contributed by atoms with Crippen LogP contribution in [0, 0.1) is 5.92 Å². The van der Waals surface area contributed by atoms with Crippen molar-refractivity contribution in [1.82, 2.24) is 10.6 Å². The molecular formula is C18H31N3O2.